The van der Waals surface area contributed by atoms with E-state index in [1.54, 1.807) is 13.8 Å². The quantitative estimate of drug-likeness (QED) is 0.507. The van der Waals surface area contributed by atoms with Crippen molar-refractivity contribution in [3.63, 3.8) is 0 Å². The van der Waals surface area contributed by atoms with E-state index in [0.29, 0.717) is 19.4 Å². The maximum absolute atomic E-state index is 12.2. The summed E-state index contributed by atoms with van der Waals surface area (Å²) in [5.41, 5.74) is 3.22. The van der Waals surface area contributed by atoms with Gasteiger partial charge in [-0.1, -0.05) is 61.5 Å². The van der Waals surface area contributed by atoms with Crippen LogP contribution in [0.15, 0.2) is 66.7 Å². The molecule has 0 fully saturated rings. The molecule has 3 rings (SSSR count). The van der Waals surface area contributed by atoms with E-state index < -0.39 is 12.0 Å². The molecule has 29 heavy (non-hydrogen) atoms. The van der Waals surface area contributed by atoms with E-state index in [0.717, 1.165) is 16.7 Å². The number of rotatable bonds is 8. The van der Waals surface area contributed by atoms with Gasteiger partial charge in [-0.05, 0) is 36.5 Å². The molecule has 1 heterocycles. The van der Waals surface area contributed by atoms with Crippen molar-refractivity contribution in [3.05, 3.63) is 72.3 Å². The molecule has 0 saturated carbocycles. The van der Waals surface area contributed by atoms with Crippen molar-refractivity contribution in [2.75, 3.05) is 6.61 Å². The normalized spacial score (nSPS) is 15.4. The zero-order valence-electron chi connectivity index (χ0n) is 16.7. The van der Waals surface area contributed by atoms with E-state index in [9.17, 15) is 14.4 Å². The summed E-state index contributed by atoms with van der Waals surface area (Å²) in [6, 6.07) is 17.7. The van der Waals surface area contributed by atoms with Crippen LogP contribution in [0.5, 0.6) is 0 Å². The number of imide groups is 1. The van der Waals surface area contributed by atoms with Crippen LogP contribution in [0.4, 0.5) is 0 Å². The minimum Gasteiger partial charge on any atom is -0.466 e. The van der Waals surface area contributed by atoms with Gasteiger partial charge >= 0.3 is 5.97 Å². The number of carbonyl (C=O) groups excluding carboxylic acids is 3. The van der Waals surface area contributed by atoms with Crippen LogP contribution in [0, 0.1) is 5.92 Å². The lowest BCUT2D eigenvalue weighted by atomic mass is 9.94. The molecular weight excluding hydrogens is 366 g/mol. The fraction of sp³-hybridized carbons (Fsp3) is 0.292. The van der Waals surface area contributed by atoms with Crippen LogP contribution in [-0.2, 0) is 25.5 Å². The predicted octanol–water partition coefficient (Wildman–Crippen LogP) is 3.78. The average molecular weight is 391 g/mol. The molecule has 0 N–H and O–H groups in total. The number of hydrogen-bond donors (Lipinski definition) is 0. The lowest BCUT2D eigenvalue weighted by Crippen LogP contribution is -2.43. The average Bonchev–Trinajstić information content (AvgIpc) is 3.07. The predicted molar refractivity (Wildman–Crippen MR) is 111 cm³/mol. The maximum Gasteiger partial charge on any atom is 0.308 e. The Bertz CT molecular complexity index is 884. The molecule has 0 spiro atoms. The topological polar surface area (TPSA) is 63.7 Å². The van der Waals surface area contributed by atoms with Crippen molar-refractivity contribution < 1.29 is 19.1 Å². The molecule has 0 unspecified atom stereocenters. The van der Waals surface area contributed by atoms with Gasteiger partial charge in [0.25, 0.3) is 11.8 Å². The second-order valence-corrected chi connectivity index (χ2v) is 7.19. The van der Waals surface area contributed by atoms with Crippen LogP contribution >= 0.6 is 0 Å². The molecule has 0 saturated heterocycles. The highest BCUT2D eigenvalue weighted by atomic mass is 16.5. The van der Waals surface area contributed by atoms with Crippen LogP contribution in [0.3, 0.4) is 0 Å². The largest absolute Gasteiger partial charge is 0.466 e. The molecule has 5 heteroatoms. The van der Waals surface area contributed by atoms with E-state index in [-0.39, 0.29) is 17.8 Å². The van der Waals surface area contributed by atoms with Crippen LogP contribution in [0.2, 0.25) is 0 Å². The zero-order chi connectivity index (χ0) is 20.8. The third-order valence-electron chi connectivity index (χ3n) is 5.06. The van der Waals surface area contributed by atoms with Crippen LogP contribution in [0.25, 0.3) is 11.1 Å². The summed E-state index contributed by atoms with van der Waals surface area (Å²) in [5, 5.41) is 0. The third kappa shape index (κ3) is 4.99. The number of amides is 2. The second kappa shape index (κ2) is 9.32. The third-order valence-corrected chi connectivity index (χ3v) is 5.06. The molecule has 2 aromatic carbocycles. The summed E-state index contributed by atoms with van der Waals surface area (Å²) in [5.74, 6) is -1.40. The Hall–Kier alpha value is -3.21. The summed E-state index contributed by atoms with van der Waals surface area (Å²) >= 11 is 0. The van der Waals surface area contributed by atoms with Crippen LogP contribution in [-0.4, -0.2) is 35.3 Å². The molecule has 1 aliphatic rings. The van der Waals surface area contributed by atoms with Gasteiger partial charge in [0.2, 0.25) is 0 Å². The lowest BCUT2D eigenvalue weighted by molar-refractivity contribution is -0.150. The molecule has 2 amide bonds. The van der Waals surface area contributed by atoms with Gasteiger partial charge < -0.3 is 4.74 Å². The first kappa shape index (κ1) is 20.5. The van der Waals surface area contributed by atoms with Gasteiger partial charge in [0, 0.05) is 18.2 Å². The lowest BCUT2D eigenvalue weighted by Gasteiger charge is -2.28. The monoisotopic (exact) mass is 391 g/mol. The van der Waals surface area contributed by atoms with Gasteiger partial charge in [-0.25, -0.2) is 0 Å². The Morgan fingerprint density at radius 2 is 1.52 bits per heavy atom. The van der Waals surface area contributed by atoms with Gasteiger partial charge in [0.05, 0.1) is 12.5 Å². The van der Waals surface area contributed by atoms with Crippen molar-refractivity contribution in [1.82, 2.24) is 4.90 Å². The molecular formula is C24H25NO4. The fourth-order valence-electron chi connectivity index (χ4n) is 3.58. The van der Waals surface area contributed by atoms with Gasteiger partial charge in [-0.3, -0.25) is 19.3 Å². The van der Waals surface area contributed by atoms with Crippen molar-refractivity contribution >= 4 is 17.8 Å². The molecule has 0 aliphatic carbocycles. The second-order valence-electron chi connectivity index (χ2n) is 7.19. The van der Waals surface area contributed by atoms with Gasteiger partial charge in [0.15, 0.2) is 0 Å². The molecule has 150 valence electrons. The van der Waals surface area contributed by atoms with E-state index >= 15 is 0 Å². The summed E-state index contributed by atoms with van der Waals surface area (Å²) in [4.78, 5) is 37.8. The first-order chi connectivity index (χ1) is 14.0. The highest BCUT2D eigenvalue weighted by Crippen LogP contribution is 2.24. The van der Waals surface area contributed by atoms with Crippen molar-refractivity contribution in [3.8, 4) is 11.1 Å². The standard InChI is InChI=1S/C24H25NO4/c1-3-29-24(28)17(2)15-21(25-22(26)13-14-23(25)27)16-18-9-11-20(12-10-18)19-7-5-4-6-8-19/h4-14,17,21H,3,15-16H2,1-2H3/t17-,21+/m1/s1. The SMILES string of the molecule is CCOC(=O)[C@H](C)C[C@@H](Cc1ccc(-c2ccccc2)cc1)N1C(=O)C=CC1=O. The fourth-order valence-corrected chi connectivity index (χ4v) is 3.58. The summed E-state index contributed by atoms with van der Waals surface area (Å²) in [6.45, 7) is 3.83. The first-order valence-electron chi connectivity index (χ1n) is 9.85. The Balaban J connectivity index is 1.78. The maximum atomic E-state index is 12.2. The van der Waals surface area contributed by atoms with E-state index in [1.807, 2.05) is 54.6 Å². The van der Waals surface area contributed by atoms with Crippen LogP contribution in [0.1, 0.15) is 25.8 Å². The number of carbonyl (C=O) groups is 3. The first-order valence-corrected chi connectivity index (χ1v) is 9.85. The highest BCUT2D eigenvalue weighted by Gasteiger charge is 2.33. The Morgan fingerprint density at radius 1 is 0.931 bits per heavy atom. The number of esters is 1. The molecule has 0 radical (unpaired) electrons. The Kier molecular flexibility index (Phi) is 6.60. The molecule has 0 bridgehead atoms. The van der Waals surface area contributed by atoms with E-state index in [1.165, 1.54) is 17.1 Å². The van der Waals surface area contributed by atoms with E-state index in [2.05, 4.69) is 0 Å². The summed E-state index contributed by atoms with van der Waals surface area (Å²) in [6.07, 6.45) is 3.40. The summed E-state index contributed by atoms with van der Waals surface area (Å²) < 4.78 is 5.09. The number of hydrogen-bond acceptors (Lipinski definition) is 4. The van der Waals surface area contributed by atoms with E-state index in [4.69, 9.17) is 4.74 Å². The number of benzene rings is 2. The Labute approximate surface area is 171 Å². The van der Waals surface area contributed by atoms with Gasteiger partial charge in [-0.15, -0.1) is 0 Å². The smallest absolute Gasteiger partial charge is 0.308 e. The van der Waals surface area contributed by atoms with Gasteiger partial charge in [-0.2, -0.15) is 0 Å². The number of nitrogens with zero attached hydrogens (tertiary/aromatic N) is 1. The Morgan fingerprint density at radius 3 is 2.10 bits per heavy atom. The molecule has 1 aliphatic heterocycles. The summed E-state index contributed by atoms with van der Waals surface area (Å²) in [7, 11) is 0. The minimum absolute atomic E-state index is 0.303. The molecule has 2 aromatic rings. The molecule has 5 nitrogen and oxygen atoms in total. The van der Waals surface area contributed by atoms with Crippen molar-refractivity contribution in [1.29, 1.82) is 0 Å². The number of ether oxygens (including phenoxy) is 1. The van der Waals surface area contributed by atoms with Gasteiger partial charge in [0.1, 0.15) is 0 Å². The van der Waals surface area contributed by atoms with Crippen molar-refractivity contribution in [2.45, 2.75) is 32.7 Å². The zero-order valence-corrected chi connectivity index (χ0v) is 16.7. The van der Waals surface area contributed by atoms with Crippen molar-refractivity contribution in [2.24, 2.45) is 5.92 Å². The molecule has 0 aromatic heterocycles. The highest BCUT2D eigenvalue weighted by molar-refractivity contribution is 6.13. The van der Waals surface area contributed by atoms with Crippen LogP contribution < -0.4 is 0 Å². The molecule has 2 atom stereocenters. The minimum atomic E-state index is -0.412.